The zero-order valence-electron chi connectivity index (χ0n) is 8.41. The second-order valence-corrected chi connectivity index (χ2v) is 4.18. The van der Waals surface area contributed by atoms with Gasteiger partial charge in [0.1, 0.15) is 11.6 Å². The van der Waals surface area contributed by atoms with Gasteiger partial charge < -0.3 is 5.73 Å². The fourth-order valence-corrected chi connectivity index (χ4v) is 1.41. The molecule has 6 heteroatoms. The molecule has 0 amide bonds. The van der Waals surface area contributed by atoms with Gasteiger partial charge in [-0.05, 0) is 19.1 Å². The average Bonchev–Trinajstić information content (AvgIpc) is 2.18. The largest absolute Gasteiger partial charge is 0.320 e. The van der Waals surface area contributed by atoms with Crippen molar-refractivity contribution < 1.29 is 17.6 Å². The lowest BCUT2D eigenvalue weighted by atomic mass is 9.94. The Morgan fingerprint density at radius 1 is 1.31 bits per heavy atom. The SMILES string of the molecule is CC(N)(Cc1c(F)ccc(F)c1Cl)C(F)F. The highest BCUT2D eigenvalue weighted by molar-refractivity contribution is 6.31. The van der Waals surface area contributed by atoms with E-state index < -0.39 is 35.0 Å². The van der Waals surface area contributed by atoms with Gasteiger partial charge in [0.05, 0.1) is 10.6 Å². The van der Waals surface area contributed by atoms with Gasteiger partial charge in [0, 0.05) is 12.0 Å². The van der Waals surface area contributed by atoms with Crippen LogP contribution in [0.5, 0.6) is 0 Å². The van der Waals surface area contributed by atoms with Crippen molar-refractivity contribution in [2.75, 3.05) is 0 Å². The van der Waals surface area contributed by atoms with Gasteiger partial charge in [-0.1, -0.05) is 11.6 Å². The molecule has 1 aromatic carbocycles. The highest BCUT2D eigenvalue weighted by atomic mass is 35.5. The van der Waals surface area contributed by atoms with Crippen molar-refractivity contribution in [3.63, 3.8) is 0 Å². The van der Waals surface area contributed by atoms with E-state index in [1.54, 1.807) is 0 Å². The van der Waals surface area contributed by atoms with Crippen LogP contribution in [0, 0.1) is 11.6 Å². The van der Waals surface area contributed by atoms with E-state index in [2.05, 4.69) is 0 Å². The summed E-state index contributed by atoms with van der Waals surface area (Å²) in [6.45, 7) is 1.05. The lowest BCUT2D eigenvalue weighted by Gasteiger charge is -2.24. The van der Waals surface area contributed by atoms with Crippen LogP contribution < -0.4 is 5.73 Å². The molecule has 1 rings (SSSR count). The van der Waals surface area contributed by atoms with E-state index in [9.17, 15) is 17.6 Å². The molecular weight excluding hydrogens is 246 g/mol. The molecule has 1 unspecified atom stereocenters. The van der Waals surface area contributed by atoms with E-state index in [0.29, 0.717) is 0 Å². The first-order valence-corrected chi connectivity index (χ1v) is 4.83. The molecule has 16 heavy (non-hydrogen) atoms. The monoisotopic (exact) mass is 255 g/mol. The fraction of sp³-hybridized carbons (Fsp3) is 0.400. The van der Waals surface area contributed by atoms with E-state index >= 15 is 0 Å². The summed E-state index contributed by atoms with van der Waals surface area (Å²) in [6.07, 6.45) is -3.39. The van der Waals surface area contributed by atoms with Crippen LogP contribution in [0.3, 0.4) is 0 Å². The maximum atomic E-state index is 13.3. The third kappa shape index (κ3) is 2.65. The number of halogens is 5. The standard InChI is InChI=1S/C10H10ClF4N/c1-10(16,9(14)15)4-5-6(12)2-3-7(13)8(5)11/h2-3,9H,4,16H2,1H3. The fourth-order valence-electron chi connectivity index (χ4n) is 1.19. The van der Waals surface area contributed by atoms with Gasteiger partial charge in [-0.15, -0.1) is 0 Å². The van der Waals surface area contributed by atoms with Crippen LogP contribution in [0.1, 0.15) is 12.5 Å². The Labute approximate surface area is 95.2 Å². The third-order valence-electron chi connectivity index (χ3n) is 2.20. The first kappa shape index (κ1) is 13.3. The summed E-state index contributed by atoms with van der Waals surface area (Å²) in [4.78, 5) is 0. The molecule has 1 aromatic rings. The molecule has 0 radical (unpaired) electrons. The number of alkyl halides is 2. The molecule has 1 atom stereocenters. The number of nitrogens with two attached hydrogens (primary N) is 1. The minimum Gasteiger partial charge on any atom is -0.320 e. The summed E-state index contributed by atoms with van der Waals surface area (Å²) in [5, 5.41) is -0.502. The van der Waals surface area contributed by atoms with Crippen LogP contribution in [0.15, 0.2) is 12.1 Å². The van der Waals surface area contributed by atoms with Gasteiger partial charge >= 0.3 is 0 Å². The molecule has 0 bridgehead atoms. The molecular formula is C10H10ClF4N. The quantitative estimate of drug-likeness (QED) is 0.652. The predicted octanol–water partition coefficient (Wildman–Crippen LogP) is 3.14. The van der Waals surface area contributed by atoms with Crippen molar-refractivity contribution in [2.45, 2.75) is 25.3 Å². The number of rotatable bonds is 3. The maximum absolute atomic E-state index is 13.3. The summed E-state index contributed by atoms with van der Waals surface area (Å²) in [7, 11) is 0. The summed E-state index contributed by atoms with van der Waals surface area (Å²) in [5.41, 5.74) is 3.01. The van der Waals surface area contributed by atoms with Gasteiger partial charge in [-0.2, -0.15) is 0 Å². The summed E-state index contributed by atoms with van der Waals surface area (Å²) in [5.74, 6) is -1.70. The van der Waals surface area contributed by atoms with Crippen molar-refractivity contribution in [3.8, 4) is 0 Å². The van der Waals surface area contributed by atoms with Crippen LogP contribution in [-0.2, 0) is 6.42 Å². The molecule has 0 aliphatic carbocycles. The molecule has 1 nitrogen and oxygen atoms in total. The highest BCUT2D eigenvalue weighted by Crippen LogP contribution is 2.28. The van der Waals surface area contributed by atoms with Crippen molar-refractivity contribution in [1.82, 2.24) is 0 Å². The van der Waals surface area contributed by atoms with Crippen LogP contribution in [0.4, 0.5) is 17.6 Å². The molecule has 0 aliphatic rings. The molecule has 0 spiro atoms. The van der Waals surface area contributed by atoms with E-state index in [1.165, 1.54) is 0 Å². The molecule has 0 aromatic heterocycles. The third-order valence-corrected chi connectivity index (χ3v) is 2.60. The molecule has 0 fully saturated rings. The second kappa shape index (κ2) is 4.59. The summed E-state index contributed by atoms with van der Waals surface area (Å²) in [6, 6.07) is 1.66. The van der Waals surface area contributed by atoms with Crippen molar-refractivity contribution in [2.24, 2.45) is 5.73 Å². The van der Waals surface area contributed by atoms with Gasteiger partial charge in [0.15, 0.2) is 0 Å². The van der Waals surface area contributed by atoms with E-state index in [1.807, 2.05) is 0 Å². The molecule has 0 heterocycles. The van der Waals surface area contributed by atoms with E-state index in [0.717, 1.165) is 19.1 Å². The molecule has 0 aliphatic heterocycles. The van der Waals surface area contributed by atoms with E-state index in [-0.39, 0.29) is 5.56 Å². The Balaban J connectivity index is 3.11. The summed E-state index contributed by atoms with van der Waals surface area (Å²) >= 11 is 5.49. The topological polar surface area (TPSA) is 26.0 Å². The zero-order valence-corrected chi connectivity index (χ0v) is 9.16. The highest BCUT2D eigenvalue weighted by Gasteiger charge is 2.32. The minimum absolute atomic E-state index is 0.327. The van der Waals surface area contributed by atoms with Crippen molar-refractivity contribution in [1.29, 1.82) is 0 Å². The average molecular weight is 256 g/mol. The Kier molecular flexibility index (Phi) is 3.80. The number of hydrogen-bond donors (Lipinski definition) is 1. The Hall–Kier alpha value is -0.810. The normalized spacial score (nSPS) is 15.2. The Morgan fingerprint density at radius 2 is 1.81 bits per heavy atom. The van der Waals surface area contributed by atoms with Crippen LogP contribution in [0.25, 0.3) is 0 Å². The lowest BCUT2D eigenvalue weighted by molar-refractivity contribution is 0.0635. The van der Waals surface area contributed by atoms with Gasteiger partial charge in [0.25, 0.3) is 6.43 Å². The first-order chi connectivity index (χ1) is 7.25. The number of hydrogen-bond acceptors (Lipinski definition) is 1. The van der Waals surface area contributed by atoms with E-state index in [4.69, 9.17) is 17.3 Å². The summed E-state index contributed by atoms with van der Waals surface area (Å²) < 4.78 is 51.2. The minimum atomic E-state index is -2.86. The van der Waals surface area contributed by atoms with Crippen LogP contribution in [-0.4, -0.2) is 12.0 Å². The van der Waals surface area contributed by atoms with Crippen LogP contribution in [0.2, 0.25) is 5.02 Å². The smallest absolute Gasteiger partial charge is 0.256 e. The van der Waals surface area contributed by atoms with Crippen molar-refractivity contribution >= 4 is 11.6 Å². The Morgan fingerprint density at radius 3 is 2.31 bits per heavy atom. The number of benzene rings is 1. The molecule has 2 N–H and O–H groups in total. The Bertz CT molecular complexity index is 393. The zero-order chi connectivity index (χ0) is 12.5. The second-order valence-electron chi connectivity index (χ2n) is 3.81. The van der Waals surface area contributed by atoms with Gasteiger partial charge in [-0.3, -0.25) is 0 Å². The molecule has 90 valence electrons. The lowest BCUT2D eigenvalue weighted by Crippen LogP contribution is -2.46. The van der Waals surface area contributed by atoms with Crippen molar-refractivity contribution in [3.05, 3.63) is 34.4 Å². The van der Waals surface area contributed by atoms with Gasteiger partial charge in [0.2, 0.25) is 0 Å². The van der Waals surface area contributed by atoms with Crippen LogP contribution >= 0.6 is 11.6 Å². The first-order valence-electron chi connectivity index (χ1n) is 4.45. The predicted molar refractivity (Wildman–Crippen MR) is 53.7 cm³/mol. The molecule has 0 saturated heterocycles. The maximum Gasteiger partial charge on any atom is 0.256 e. The van der Waals surface area contributed by atoms with Gasteiger partial charge in [-0.25, -0.2) is 17.6 Å². The molecule has 0 saturated carbocycles.